The summed E-state index contributed by atoms with van der Waals surface area (Å²) in [7, 11) is 0. The Hall–Kier alpha value is -2.19. The zero-order chi connectivity index (χ0) is 21.8. The number of hydrogen-bond acceptors (Lipinski definition) is 6. The second kappa shape index (κ2) is 9.53. The molecule has 0 bridgehead atoms. The highest BCUT2D eigenvalue weighted by molar-refractivity contribution is 5.87. The van der Waals surface area contributed by atoms with Crippen LogP contribution in [-0.2, 0) is 31.9 Å². The minimum Gasteiger partial charge on any atom is -0.480 e. The molecule has 0 spiro atoms. The van der Waals surface area contributed by atoms with Crippen molar-refractivity contribution in [3.8, 4) is 0 Å². The number of pyridine rings is 1. The van der Waals surface area contributed by atoms with E-state index in [-0.39, 0.29) is 18.4 Å². The lowest BCUT2D eigenvalue weighted by Gasteiger charge is -2.37. The van der Waals surface area contributed by atoms with Gasteiger partial charge in [-0.15, -0.1) is 0 Å². The van der Waals surface area contributed by atoms with Gasteiger partial charge in [-0.1, -0.05) is 6.07 Å². The summed E-state index contributed by atoms with van der Waals surface area (Å²) in [6, 6.07) is 3.42. The van der Waals surface area contributed by atoms with Crippen LogP contribution in [0.2, 0.25) is 0 Å². The molecular weight excluding hydrogens is 398 g/mol. The maximum atomic E-state index is 12.2. The van der Waals surface area contributed by atoms with Crippen LogP contribution in [-0.4, -0.2) is 60.5 Å². The molecule has 8 heteroatoms. The summed E-state index contributed by atoms with van der Waals surface area (Å²) < 4.78 is 10.9. The number of ether oxygens (including phenoxy) is 2. The highest BCUT2D eigenvalue weighted by atomic mass is 16.5. The molecule has 3 heterocycles. The Morgan fingerprint density at radius 2 is 2.19 bits per heavy atom. The fraction of sp³-hybridized carbons (Fsp3) is 0.696. The van der Waals surface area contributed by atoms with Crippen LogP contribution in [0.1, 0.15) is 50.3 Å². The number of amides is 1. The number of aryl methyl sites for hydroxylation is 2. The van der Waals surface area contributed by atoms with Gasteiger partial charge in [-0.3, -0.25) is 4.79 Å². The van der Waals surface area contributed by atoms with Gasteiger partial charge in [0.15, 0.2) is 0 Å². The molecule has 1 aliphatic carbocycles. The molecule has 4 rings (SSSR count). The first-order valence-electron chi connectivity index (χ1n) is 11.4. The number of fused-ring (bicyclic) bond motifs is 1. The molecule has 1 saturated heterocycles. The van der Waals surface area contributed by atoms with Crippen molar-refractivity contribution in [2.24, 2.45) is 11.3 Å². The van der Waals surface area contributed by atoms with Crippen molar-refractivity contribution in [1.29, 1.82) is 0 Å². The Kier molecular flexibility index (Phi) is 6.77. The smallest absolute Gasteiger partial charge is 0.326 e. The number of anilines is 1. The van der Waals surface area contributed by atoms with E-state index in [1.165, 1.54) is 12.0 Å². The minimum atomic E-state index is -1.03. The predicted molar refractivity (Wildman–Crippen MR) is 115 cm³/mol. The summed E-state index contributed by atoms with van der Waals surface area (Å²) in [4.78, 5) is 28.5. The van der Waals surface area contributed by atoms with Crippen LogP contribution < -0.4 is 10.6 Å². The molecule has 1 atom stereocenters. The van der Waals surface area contributed by atoms with Gasteiger partial charge in [0.1, 0.15) is 11.9 Å². The van der Waals surface area contributed by atoms with Gasteiger partial charge in [0.25, 0.3) is 0 Å². The quantitative estimate of drug-likeness (QED) is 0.521. The zero-order valence-corrected chi connectivity index (χ0v) is 18.2. The van der Waals surface area contributed by atoms with Crippen molar-refractivity contribution in [1.82, 2.24) is 10.3 Å². The van der Waals surface area contributed by atoms with E-state index in [4.69, 9.17) is 14.5 Å². The third-order valence-corrected chi connectivity index (χ3v) is 6.71. The number of carbonyl (C=O) groups is 2. The SMILES string of the molecule is CC1(C(=O)NC(CCO[C@H]2C[C@H](CCc3ccc4c(n3)NCCC4)C2)C(=O)O)COC1. The van der Waals surface area contributed by atoms with E-state index in [9.17, 15) is 14.7 Å². The first kappa shape index (κ1) is 22.0. The average molecular weight is 432 g/mol. The summed E-state index contributed by atoms with van der Waals surface area (Å²) in [5, 5.41) is 15.4. The van der Waals surface area contributed by atoms with Crippen LogP contribution in [0.3, 0.4) is 0 Å². The number of rotatable bonds is 10. The maximum absolute atomic E-state index is 12.2. The van der Waals surface area contributed by atoms with Gasteiger partial charge >= 0.3 is 5.97 Å². The van der Waals surface area contributed by atoms with Crippen LogP contribution in [0.4, 0.5) is 5.82 Å². The maximum Gasteiger partial charge on any atom is 0.326 e. The fourth-order valence-corrected chi connectivity index (χ4v) is 4.39. The third-order valence-electron chi connectivity index (χ3n) is 6.71. The van der Waals surface area contributed by atoms with Crippen molar-refractivity contribution < 1.29 is 24.2 Å². The molecule has 2 aliphatic heterocycles. The first-order chi connectivity index (χ1) is 14.9. The number of nitrogens with one attached hydrogen (secondary N) is 2. The molecule has 1 unspecified atom stereocenters. The molecule has 1 aromatic rings. The van der Waals surface area contributed by atoms with Crippen molar-refractivity contribution in [3.05, 3.63) is 23.4 Å². The van der Waals surface area contributed by atoms with Crippen LogP contribution in [0, 0.1) is 11.3 Å². The summed E-state index contributed by atoms with van der Waals surface area (Å²) in [5.41, 5.74) is 1.85. The standard InChI is InChI=1S/C23H33N3O5/c1-23(13-30-14-23)22(29)26-19(21(27)28)8-10-31-18-11-15(12-18)4-6-17-7-5-16-3-2-9-24-20(16)25-17/h5,7,15,18-19H,2-4,6,8-14H2,1H3,(H,24,25)(H,26,29)(H,27,28)/t15-,18-,19?. The zero-order valence-electron chi connectivity index (χ0n) is 18.2. The molecule has 8 nitrogen and oxygen atoms in total. The van der Waals surface area contributed by atoms with E-state index in [2.05, 4.69) is 22.8 Å². The second-order valence-electron chi connectivity index (χ2n) is 9.42. The molecule has 1 amide bonds. The molecule has 170 valence electrons. The van der Waals surface area contributed by atoms with Crippen molar-refractivity contribution in [2.45, 2.75) is 64.0 Å². The highest BCUT2D eigenvalue weighted by Gasteiger charge is 2.42. The Labute approximate surface area is 183 Å². The van der Waals surface area contributed by atoms with E-state index >= 15 is 0 Å². The lowest BCUT2D eigenvalue weighted by atomic mass is 9.79. The second-order valence-corrected chi connectivity index (χ2v) is 9.42. The summed E-state index contributed by atoms with van der Waals surface area (Å²) >= 11 is 0. The number of carbonyl (C=O) groups excluding carboxylic acids is 1. The molecule has 1 saturated carbocycles. The van der Waals surface area contributed by atoms with Gasteiger partial charge in [0, 0.05) is 25.3 Å². The van der Waals surface area contributed by atoms with Crippen LogP contribution in [0.5, 0.6) is 0 Å². The van der Waals surface area contributed by atoms with E-state index in [0.29, 0.717) is 25.7 Å². The monoisotopic (exact) mass is 431 g/mol. The summed E-state index contributed by atoms with van der Waals surface area (Å²) in [5.74, 6) is 0.391. The van der Waals surface area contributed by atoms with Crippen molar-refractivity contribution in [3.63, 3.8) is 0 Å². The normalized spacial score (nSPS) is 24.7. The minimum absolute atomic E-state index is 0.186. The van der Waals surface area contributed by atoms with Gasteiger partial charge in [-0.2, -0.15) is 0 Å². The molecule has 3 N–H and O–H groups in total. The van der Waals surface area contributed by atoms with E-state index < -0.39 is 17.4 Å². The molecular formula is C23H33N3O5. The fourth-order valence-electron chi connectivity index (χ4n) is 4.39. The molecule has 1 aromatic heterocycles. The van der Waals surface area contributed by atoms with Crippen molar-refractivity contribution >= 4 is 17.7 Å². The lowest BCUT2D eigenvalue weighted by molar-refractivity contribution is -0.161. The van der Waals surface area contributed by atoms with Gasteiger partial charge < -0.3 is 25.2 Å². The number of carboxylic acids is 1. The van der Waals surface area contributed by atoms with Gasteiger partial charge in [0.2, 0.25) is 5.91 Å². The Bertz CT molecular complexity index is 804. The number of aliphatic carboxylic acids is 1. The number of carboxylic acid groups (broad SMARTS) is 1. The average Bonchev–Trinajstić information content (AvgIpc) is 2.71. The lowest BCUT2D eigenvalue weighted by Crippen LogP contribution is -2.55. The Morgan fingerprint density at radius 3 is 2.90 bits per heavy atom. The van der Waals surface area contributed by atoms with Gasteiger partial charge in [-0.05, 0) is 63.0 Å². The van der Waals surface area contributed by atoms with Crippen molar-refractivity contribution in [2.75, 3.05) is 31.7 Å². The van der Waals surface area contributed by atoms with E-state index in [1.807, 2.05) is 0 Å². The first-order valence-corrected chi connectivity index (χ1v) is 11.4. The summed E-state index contributed by atoms with van der Waals surface area (Å²) in [6.45, 7) is 3.79. The Balaban J connectivity index is 1.12. The topological polar surface area (TPSA) is 110 Å². The van der Waals surface area contributed by atoms with Gasteiger partial charge in [-0.25, -0.2) is 9.78 Å². The molecule has 0 aromatic carbocycles. The molecule has 0 radical (unpaired) electrons. The number of hydrogen-bond donors (Lipinski definition) is 3. The molecule has 3 aliphatic rings. The van der Waals surface area contributed by atoms with E-state index in [1.54, 1.807) is 6.92 Å². The van der Waals surface area contributed by atoms with Gasteiger partial charge in [0.05, 0.1) is 24.7 Å². The van der Waals surface area contributed by atoms with E-state index in [0.717, 1.165) is 50.2 Å². The van der Waals surface area contributed by atoms with Crippen LogP contribution >= 0.6 is 0 Å². The Morgan fingerprint density at radius 1 is 1.39 bits per heavy atom. The number of nitrogens with zero attached hydrogens (tertiary/aromatic N) is 1. The highest BCUT2D eigenvalue weighted by Crippen LogP contribution is 2.34. The molecule has 2 fully saturated rings. The molecule has 31 heavy (non-hydrogen) atoms. The number of aromatic nitrogens is 1. The van der Waals surface area contributed by atoms with Crippen LogP contribution in [0.15, 0.2) is 12.1 Å². The third kappa shape index (κ3) is 5.36. The van der Waals surface area contributed by atoms with Crippen LogP contribution in [0.25, 0.3) is 0 Å². The largest absolute Gasteiger partial charge is 0.480 e. The predicted octanol–water partition coefficient (Wildman–Crippen LogP) is 2.16. The summed E-state index contributed by atoms with van der Waals surface area (Å²) in [6.07, 6.45) is 6.81.